The van der Waals surface area contributed by atoms with E-state index < -0.39 is 0 Å². The van der Waals surface area contributed by atoms with Crippen LogP contribution in [0, 0.1) is 0 Å². The summed E-state index contributed by atoms with van der Waals surface area (Å²) in [5, 5.41) is 0. The van der Waals surface area contributed by atoms with Gasteiger partial charge in [-0.15, -0.1) is 22.1 Å². The fourth-order valence-corrected chi connectivity index (χ4v) is 7.92. The van der Waals surface area contributed by atoms with E-state index in [1.807, 2.05) is 84.9 Å². The van der Waals surface area contributed by atoms with Gasteiger partial charge in [0.25, 0.3) is 0 Å². The van der Waals surface area contributed by atoms with Crippen molar-refractivity contribution in [3.8, 4) is 44.5 Å². The molecule has 8 bridgehead atoms. The van der Waals surface area contributed by atoms with Crippen LogP contribution < -0.4 is 21.4 Å². The number of benzene rings is 6. The van der Waals surface area contributed by atoms with Crippen molar-refractivity contribution in [1.29, 1.82) is 0 Å². The quantitative estimate of drug-likeness (QED) is 0.161. The minimum Gasteiger partial charge on any atom is -0.657 e. The third-order valence-corrected chi connectivity index (χ3v) is 11.0. The van der Waals surface area contributed by atoms with Crippen LogP contribution in [-0.2, 0) is 30.2 Å². The van der Waals surface area contributed by atoms with Crippen molar-refractivity contribution in [1.82, 2.24) is 19.9 Å². The van der Waals surface area contributed by atoms with Gasteiger partial charge in [0.1, 0.15) is 0 Å². The molecule has 0 spiro atoms. The average Bonchev–Trinajstić information content (AvgIpc) is 4.23. The molecule has 3 aromatic heterocycles. The summed E-state index contributed by atoms with van der Waals surface area (Å²) in [4.78, 5) is 21.2. The molecule has 65 heavy (non-hydrogen) atoms. The van der Waals surface area contributed by atoms with Crippen LogP contribution in [0.4, 0.5) is 0 Å². The normalized spacial score (nSPS) is 11.1. The number of hydrogen-bond acceptors (Lipinski definition) is 4. The third kappa shape index (κ3) is 10.1. The number of rotatable bonds is 6. The summed E-state index contributed by atoms with van der Waals surface area (Å²) in [6.07, 6.45) is 8.41. The van der Waals surface area contributed by atoms with E-state index in [9.17, 15) is 0 Å². The van der Waals surface area contributed by atoms with E-state index in [1.54, 1.807) is 0 Å². The molecule has 6 aromatic carbocycles. The Morgan fingerprint density at radius 3 is 0.708 bits per heavy atom. The molecule has 7 heteroatoms. The van der Waals surface area contributed by atoms with Gasteiger partial charge in [0.2, 0.25) is 0 Å². The Labute approximate surface area is 390 Å². The molecule has 11 rings (SSSR count). The molecule has 316 valence electrons. The maximum Gasteiger partial charge on any atom is 2.00 e. The van der Waals surface area contributed by atoms with Crippen LogP contribution in [0.3, 0.4) is 0 Å². The maximum absolute atomic E-state index is 5.35. The van der Waals surface area contributed by atoms with Crippen molar-refractivity contribution in [3.63, 3.8) is 0 Å². The molecule has 2 aliphatic rings. The predicted molar refractivity (Wildman–Crippen MR) is 267 cm³/mol. The first-order valence-electron chi connectivity index (χ1n) is 21.4. The van der Waals surface area contributed by atoms with Crippen molar-refractivity contribution < 1.29 is 17.1 Å². The number of nitrogens with two attached hydrogens (primary N) is 2. The van der Waals surface area contributed by atoms with E-state index in [4.69, 9.17) is 31.4 Å². The van der Waals surface area contributed by atoms with Gasteiger partial charge >= 0.3 is 17.1 Å². The molecule has 0 fully saturated rings. The van der Waals surface area contributed by atoms with Gasteiger partial charge in [0.05, 0.1) is 22.8 Å². The Hall–Kier alpha value is -7.64. The smallest absolute Gasteiger partial charge is 0.657 e. The zero-order valence-corrected chi connectivity index (χ0v) is 36.8. The van der Waals surface area contributed by atoms with Crippen LogP contribution in [0.25, 0.3) is 90.9 Å². The molecule has 4 N–H and O–H groups in total. The number of fused-ring (bicyclic) bond motifs is 8. The summed E-state index contributed by atoms with van der Waals surface area (Å²) < 4.78 is 0. The summed E-state index contributed by atoms with van der Waals surface area (Å²) in [6, 6.07) is 70.0. The first-order chi connectivity index (χ1) is 31.7. The van der Waals surface area contributed by atoms with Crippen LogP contribution in [-0.4, -0.2) is 9.97 Å². The molecule has 0 saturated heterocycles. The molecule has 0 atom stereocenters. The van der Waals surface area contributed by atoms with Crippen LogP contribution in [0.1, 0.15) is 33.9 Å². The minimum atomic E-state index is 0. The van der Waals surface area contributed by atoms with E-state index in [-0.39, 0.29) is 17.1 Å². The molecule has 0 aliphatic carbocycles. The van der Waals surface area contributed by atoms with Gasteiger partial charge in [0.15, 0.2) is 0 Å². The Balaban J connectivity index is 0.000000286. The van der Waals surface area contributed by atoms with Gasteiger partial charge in [-0.3, -0.25) is 0 Å². The summed E-state index contributed by atoms with van der Waals surface area (Å²) in [7, 11) is 0. The number of nitrogens with zero attached hydrogens (tertiary/aromatic N) is 4. The van der Waals surface area contributed by atoms with Crippen LogP contribution in [0.2, 0.25) is 0 Å². The molecule has 0 unspecified atom stereocenters. The first-order valence-corrected chi connectivity index (χ1v) is 21.4. The topological polar surface area (TPSA) is 106 Å². The SMILES string of the molecule is C1=Cc2nc1c(-c1ccccc1)c1ccc([n-]1)c(-c1ccccc1)c1nc(c(-c3ccccc3)c3ccc([n-]3)c2-c2ccccc2)C=C1.NCc1ccccc1.NCc1ccccc1.[Fe+2]. The molecule has 0 saturated carbocycles. The van der Waals surface area contributed by atoms with Gasteiger partial charge in [-0.2, -0.15) is 0 Å². The zero-order chi connectivity index (χ0) is 43.5. The Morgan fingerprint density at radius 2 is 0.508 bits per heavy atom. The largest absolute Gasteiger partial charge is 2.00 e. The second kappa shape index (κ2) is 21.2. The van der Waals surface area contributed by atoms with Crippen LogP contribution in [0.15, 0.2) is 206 Å². The molecular weight excluding hydrogens is 837 g/mol. The average molecular weight is 883 g/mol. The fraction of sp³-hybridized carbons (Fsp3) is 0.0345. The van der Waals surface area contributed by atoms with Gasteiger partial charge in [-0.05, 0) is 79.9 Å². The van der Waals surface area contributed by atoms with Crippen molar-refractivity contribution in [2.24, 2.45) is 11.5 Å². The van der Waals surface area contributed by atoms with E-state index >= 15 is 0 Å². The molecule has 2 aliphatic heterocycles. The van der Waals surface area contributed by atoms with Crippen molar-refractivity contribution in [2.75, 3.05) is 0 Å². The van der Waals surface area contributed by atoms with E-state index in [0.29, 0.717) is 13.1 Å². The summed E-state index contributed by atoms with van der Waals surface area (Å²) in [5.41, 5.74) is 28.1. The Morgan fingerprint density at radius 1 is 0.292 bits per heavy atom. The predicted octanol–water partition coefficient (Wildman–Crippen LogP) is 12.9. The molecule has 5 heterocycles. The maximum atomic E-state index is 5.35. The minimum absolute atomic E-state index is 0. The van der Waals surface area contributed by atoms with Crippen molar-refractivity contribution in [3.05, 3.63) is 240 Å². The summed E-state index contributed by atoms with van der Waals surface area (Å²) in [5.74, 6) is 0. The summed E-state index contributed by atoms with van der Waals surface area (Å²) in [6.45, 7) is 1.28. The zero-order valence-electron chi connectivity index (χ0n) is 35.7. The van der Waals surface area contributed by atoms with Crippen molar-refractivity contribution >= 4 is 46.4 Å². The summed E-state index contributed by atoms with van der Waals surface area (Å²) >= 11 is 0. The first kappa shape index (κ1) is 44.0. The molecule has 0 amide bonds. The second-order valence-electron chi connectivity index (χ2n) is 15.2. The number of hydrogen-bond donors (Lipinski definition) is 2. The van der Waals surface area contributed by atoms with Gasteiger partial charge in [0, 0.05) is 13.1 Å². The second-order valence-corrected chi connectivity index (χ2v) is 15.2. The third-order valence-electron chi connectivity index (χ3n) is 11.0. The fourth-order valence-electron chi connectivity index (χ4n) is 7.92. The molecule has 6 nitrogen and oxygen atoms in total. The van der Waals surface area contributed by atoms with E-state index in [0.717, 1.165) is 89.4 Å². The number of aromatic nitrogens is 4. The van der Waals surface area contributed by atoms with Gasteiger partial charge < -0.3 is 21.4 Å². The van der Waals surface area contributed by atoms with E-state index in [2.05, 4.69) is 146 Å². The Kier molecular flexibility index (Phi) is 14.3. The Bertz CT molecular complexity index is 2810. The van der Waals surface area contributed by atoms with Crippen LogP contribution in [0.5, 0.6) is 0 Å². The standard InChI is InChI=1S/C44H28N4.2C7H9N.Fe/c1-5-13-29(14-6-1)41-33-21-23-35(45-33)42(30-15-7-2-8-16-30)37-25-27-39(47-37)44(32-19-11-4-12-20-32)40-28-26-38(48-40)43(31-17-9-3-10-18-31)36-24-22-34(41)46-36;2*8-6-7-4-2-1-3-5-7;/h1-28H;2*1-5H,6,8H2;/q-2;;;+2. The van der Waals surface area contributed by atoms with Gasteiger partial charge in [-0.1, -0.05) is 206 Å². The molecule has 0 radical (unpaired) electrons. The molecule has 9 aromatic rings. The van der Waals surface area contributed by atoms with Crippen molar-refractivity contribution in [2.45, 2.75) is 13.1 Å². The van der Waals surface area contributed by atoms with E-state index in [1.165, 1.54) is 11.1 Å². The van der Waals surface area contributed by atoms with Crippen LogP contribution >= 0.6 is 0 Å². The molecular formula is C58H46FeN6. The van der Waals surface area contributed by atoms with Gasteiger partial charge in [-0.25, -0.2) is 9.97 Å². The monoisotopic (exact) mass is 882 g/mol.